The van der Waals surface area contributed by atoms with Gasteiger partial charge in [0.2, 0.25) is 0 Å². The van der Waals surface area contributed by atoms with E-state index in [1.54, 1.807) is 0 Å². The summed E-state index contributed by atoms with van der Waals surface area (Å²) in [4.78, 5) is 0. The molecule has 0 radical (unpaired) electrons. The minimum Gasteiger partial charge on any atom is -0.309 e. The van der Waals surface area contributed by atoms with Crippen molar-refractivity contribution >= 4 is 21.8 Å². The SMILES string of the molecule is CC1(C)c2ccccc2-c2ccc(C(c3cccc(-c4ccc5c(c4)-c4ccccc4C54c5ccccc5-n5c6ccccc6c6cccc4c65)c3)c3ccccc3-c3ccccc3)cc21. The van der Waals surface area contributed by atoms with Crippen LogP contribution in [0.2, 0.25) is 0 Å². The smallest absolute Gasteiger partial charge is 0.0754 e. The quantitative estimate of drug-likeness (QED) is 0.152. The van der Waals surface area contributed by atoms with Crippen molar-refractivity contribution in [2.45, 2.75) is 30.6 Å². The Morgan fingerprint density at radius 2 is 0.939 bits per heavy atom. The van der Waals surface area contributed by atoms with Gasteiger partial charge in [0.05, 0.1) is 22.1 Å². The summed E-state index contributed by atoms with van der Waals surface area (Å²) in [6, 6.07) is 87.1. The van der Waals surface area contributed by atoms with Gasteiger partial charge < -0.3 is 4.57 Å². The Labute approximate surface area is 385 Å². The zero-order valence-corrected chi connectivity index (χ0v) is 37.0. The van der Waals surface area contributed by atoms with Crippen molar-refractivity contribution in [3.05, 3.63) is 281 Å². The first kappa shape index (κ1) is 37.4. The number of hydrogen-bond donors (Lipinski definition) is 0. The molecule has 1 aliphatic heterocycles. The maximum Gasteiger partial charge on any atom is 0.0754 e. The fourth-order valence-corrected chi connectivity index (χ4v) is 12.7. The van der Waals surface area contributed by atoms with Gasteiger partial charge in [-0.1, -0.05) is 226 Å². The first-order valence-corrected chi connectivity index (χ1v) is 23.4. The van der Waals surface area contributed by atoms with Crippen molar-refractivity contribution in [3.8, 4) is 50.2 Å². The molecule has 66 heavy (non-hydrogen) atoms. The van der Waals surface area contributed by atoms with Gasteiger partial charge in [0.15, 0.2) is 0 Å². The molecule has 10 aromatic carbocycles. The predicted octanol–water partition coefficient (Wildman–Crippen LogP) is 16.3. The summed E-state index contributed by atoms with van der Waals surface area (Å²) in [5.41, 5.74) is 25.5. The molecule has 1 nitrogen and oxygen atoms in total. The number of rotatable bonds is 5. The van der Waals surface area contributed by atoms with Gasteiger partial charge >= 0.3 is 0 Å². The van der Waals surface area contributed by atoms with Gasteiger partial charge in [0.25, 0.3) is 0 Å². The third-order valence-electron chi connectivity index (χ3n) is 15.5. The van der Waals surface area contributed by atoms with Crippen LogP contribution in [0.4, 0.5) is 0 Å². The van der Waals surface area contributed by atoms with E-state index in [-0.39, 0.29) is 11.3 Å². The number of aromatic nitrogens is 1. The highest BCUT2D eigenvalue weighted by Gasteiger charge is 2.50. The van der Waals surface area contributed by atoms with E-state index < -0.39 is 5.41 Å². The van der Waals surface area contributed by atoms with E-state index >= 15 is 0 Å². The van der Waals surface area contributed by atoms with Crippen LogP contribution in [0.25, 0.3) is 72.0 Å². The Morgan fingerprint density at radius 3 is 1.80 bits per heavy atom. The van der Waals surface area contributed by atoms with E-state index in [4.69, 9.17) is 0 Å². The van der Waals surface area contributed by atoms with Gasteiger partial charge in [-0.05, 0) is 113 Å². The van der Waals surface area contributed by atoms with Gasteiger partial charge in [0.1, 0.15) is 0 Å². The Kier molecular flexibility index (Phi) is 7.79. The minimum atomic E-state index is -0.472. The summed E-state index contributed by atoms with van der Waals surface area (Å²) in [6.45, 7) is 4.77. The van der Waals surface area contributed by atoms with Crippen LogP contribution in [0.3, 0.4) is 0 Å². The van der Waals surface area contributed by atoms with Gasteiger partial charge in [0, 0.05) is 22.1 Å². The lowest BCUT2D eigenvalue weighted by molar-refractivity contribution is 0.659. The number of benzene rings is 10. The van der Waals surface area contributed by atoms with E-state index in [2.05, 4.69) is 249 Å². The summed E-state index contributed by atoms with van der Waals surface area (Å²) >= 11 is 0. The van der Waals surface area contributed by atoms with E-state index in [9.17, 15) is 0 Å². The van der Waals surface area contributed by atoms with E-state index in [0.717, 1.165) is 0 Å². The van der Waals surface area contributed by atoms with Crippen molar-refractivity contribution in [3.63, 3.8) is 0 Å². The standard InChI is InChI=1S/C65H45N/c1-64(2)54-28-11-8-23-47(54)49-36-34-45(40-59(49)64)62(51-26-7-6-22-46(51)41-18-4-3-5-19-41)44-21-16-20-42(38-44)43-35-37-56-53(39-43)48-24-9-12-29-55(48)65(56)57-30-13-15-33-61(57)66-60-32-14-10-25-50(60)52-27-17-31-58(65)63(52)66/h3-40,62H,1-2H3. The average Bonchev–Trinajstić information content (AvgIpc) is 3.95. The summed E-state index contributed by atoms with van der Waals surface area (Å²) < 4.78 is 2.52. The average molecular weight is 840 g/mol. The zero-order chi connectivity index (χ0) is 43.7. The van der Waals surface area contributed by atoms with E-state index in [0.29, 0.717) is 0 Å². The molecular formula is C65H45N. The zero-order valence-electron chi connectivity index (χ0n) is 37.0. The number of hydrogen-bond acceptors (Lipinski definition) is 0. The summed E-state index contributed by atoms with van der Waals surface area (Å²) in [6.07, 6.45) is 0. The number of fused-ring (bicyclic) bond motifs is 15. The molecule has 11 aromatic rings. The highest BCUT2D eigenvalue weighted by molar-refractivity contribution is 6.13. The molecule has 3 aliphatic rings. The maximum absolute atomic E-state index is 2.52. The van der Waals surface area contributed by atoms with Crippen LogP contribution in [-0.4, -0.2) is 4.57 Å². The normalized spacial score (nSPS) is 16.2. The third-order valence-corrected chi connectivity index (χ3v) is 15.5. The largest absolute Gasteiger partial charge is 0.309 e. The van der Waals surface area contributed by atoms with Gasteiger partial charge in [-0.2, -0.15) is 0 Å². The highest BCUT2D eigenvalue weighted by Crippen LogP contribution is 2.61. The minimum absolute atomic E-state index is 0.00410. The molecule has 0 amide bonds. The highest BCUT2D eigenvalue weighted by atomic mass is 15.0. The van der Waals surface area contributed by atoms with Crippen LogP contribution in [0.15, 0.2) is 231 Å². The molecule has 1 aromatic heterocycles. The molecule has 0 fully saturated rings. The first-order chi connectivity index (χ1) is 32.5. The molecule has 0 N–H and O–H groups in total. The fraction of sp³-hybridized carbons (Fsp3) is 0.0769. The van der Waals surface area contributed by atoms with E-state index in [1.807, 2.05) is 0 Å². The monoisotopic (exact) mass is 839 g/mol. The van der Waals surface area contributed by atoms with Crippen LogP contribution < -0.4 is 0 Å². The van der Waals surface area contributed by atoms with Gasteiger partial charge in [-0.3, -0.25) is 0 Å². The second-order valence-electron chi connectivity index (χ2n) is 19.1. The molecule has 2 aliphatic carbocycles. The fourth-order valence-electron chi connectivity index (χ4n) is 12.7. The first-order valence-electron chi connectivity index (χ1n) is 23.4. The Balaban J connectivity index is 0.965. The van der Waals surface area contributed by atoms with Crippen LogP contribution in [0.1, 0.15) is 69.8 Å². The van der Waals surface area contributed by atoms with Crippen LogP contribution >= 0.6 is 0 Å². The van der Waals surface area contributed by atoms with Crippen LogP contribution in [0.5, 0.6) is 0 Å². The molecular weight excluding hydrogens is 795 g/mol. The summed E-state index contributed by atoms with van der Waals surface area (Å²) in [7, 11) is 0. The predicted molar refractivity (Wildman–Crippen MR) is 274 cm³/mol. The topological polar surface area (TPSA) is 4.93 Å². The number of para-hydroxylation sites is 3. The molecule has 1 spiro atoms. The van der Waals surface area contributed by atoms with Crippen molar-refractivity contribution in [2.24, 2.45) is 0 Å². The summed E-state index contributed by atoms with van der Waals surface area (Å²) in [5, 5.41) is 2.59. The molecule has 2 heterocycles. The molecule has 2 unspecified atom stereocenters. The van der Waals surface area contributed by atoms with Crippen LogP contribution in [0, 0.1) is 0 Å². The molecule has 0 saturated carbocycles. The molecule has 0 saturated heterocycles. The summed E-state index contributed by atoms with van der Waals surface area (Å²) in [5.74, 6) is -0.00410. The molecule has 1 heteroatoms. The molecule has 310 valence electrons. The second-order valence-corrected chi connectivity index (χ2v) is 19.1. The van der Waals surface area contributed by atoms with Crippen LogP contribution in [-0.2, 0) is 10.8 Å². The molecule has 0 bridgehead atoms. The maximum atomic E-state index is 2.52. The van der Waals surface area contributed by atoms with Crippen molar-refractivity contribution in [1.29, 1.82) is 0 Å². The van der Waals surface area contributed by atoms with Crippen molar-refractivity contribution in [1.82, 2.24) is 4.57 Å². The van der Waals surface area contributed by atoms with Gasteiger partial charge in [-0.15, -0.1) is 0 Å². The lowest BCUT2D eigenvalue weighted by Gasteiger charge is -2.39. The number of nitrogens with zero attached hydrogens (tertiary/aromatic N) is 1. The molecule has 14 rings (SSSR count). The lowest BCUT2D eigenvalue weighted by Crippen LogP contribution is -2.33. The Bertz CT molecular complexity index is 3810. The molecule has 2 atom stereocenters. The Morgan fingerprint density at radius 1 is 0.348 bits per heavy atom. The van der Waals surface area contributed by atoms with Crippen molar-refractivity contribution < 1.29 is 0 Å². The van der Waals surface area contributed by atoms with E-state index in [1.165, 1.54) is 122 Å². The second kappa shape index (κ2) is 13.8. The Hall–Kier alpha value is -8.00. The van der Waals surface area contributed by atoms with Gasteiger partial charge in [-0.25, -0.2) is 0 Å². The third kappa shape index (κ3) is 4.95. The lowest BCUT2D eigenvalue weighted by atomic mass is 9.65. The van der Waals surface area contributed by atoms with Crippen molar-refractivity contribution in [2.75, 3.05) is 0 Å².